The zero-order chi connectivity index (χ0) is 18.9. The van der Waals surface area contributed by atoms with E-state index in [2.05, 4.69) is 19.9 Å². The minimum absolute atomic E-state index is 0.0105. The Morgan fingerprint density at radius 3 is 2.70 bits per heavy atom. The van der Waals surface area contributed by atoms with Crippen molar-refractivity contribution in [2.75, 3.05) is 0 Å². The average Bonchev–Trinajstić information content (AvgIpc) is 3.04. The van der Waals surface area contributed by atoms with Crippen LogP contribution in [0.5, 0.6) is 0 Å². The highest BCUT2D eigenvalue weighted by atomic mass is 16.6. The van der Waals surface area contributed by atoms with Crippen LogP contribution < -0.4 is 0 Å². The summed E-state index contributed by atoms with van der Waals surface area (Å²) in [5.74, 6) is 1.55. The average molecular weight is 369 g/mol. The highest BCUT2D eigenvalue weighted by Crippen LogP contribution is 2.66. The van der Waals surface area contributed by atoms with E-state index < -0.39 is 0 Å². The summed E-state index contributed by atoms with van der Waals surface area (Å²) in [7, 11) is 0. The van der Waals surface area contributed by atoms with E-state index in [1.807, 2.05) is 6.08 Å². The summed E-state index contributed by atoms with van der Waals surface area (Å²) in [6.07, 6.45) is 15.6. The van der Waals surface area contributed by atoms with Crippen molar-refractivity contribution in [3.05, 3.63) is 23.3 Å². The van der Waals surface area contributed by atoms with Gasteiger partial charge in [0, 0.05) is 23.7 Å². The fraction of sp³-hybridized carbons (Fsp3) is 0.750. The predicted molar refractivity (Wildman–Crippen MR) is 104 cm³/mol. The first-order valence-electron chi connectivity index (χ1n) is 11.1. The molecule has 1 aliphatic heterocycles. The minimum Gasteiger partial charge on any atom is -0.458 e. The van der Waals surface area contributed by atoms with E-state index in [0.29, 0.717) is 30.5 Å². The maximum absolute atomic E-state index is 12.1. The van der Waals surface area contributed by atoms with E-state index in [-0.39, 0.29) is 22.4 Å². The van der Waals surface area contributed by atoms with Gasteiger partial charge < -0.3 is 4.74 Å². The molecule has 146 valence electrons. The smallest absolute Gasteiger partial charge is 0.306 e. The van der Waals surface area contributed by atoms with Crippen molar-refractivity contribution in [2.24, 2.45) is 22.7 Å². The van der Waals surface area contributed by atoms with E-state index in [0.717, 1.165) is 44.9 Å². The van der Waals surface area contributed by atoms with Gasteiger partial charge in [-0.1, -0.05) is 31.1 Å². The Kier molecular flexibility index (Phi) is 3.81. The van der Waals surface area contributed by atoms with Gasteiger partial charge in [-0.25, -0.2) is 0 Å². The standard InChI is InChI=1S/C24H32O3/c1-3-23-13-8-17(25)15-16(23)6-7-18-19-5-4-11-24(14-10-21(26)27-24)22(19,2)12-9-20(18)23/h9,15,18-19H,3-8,10-14H2,1-2H3/t18?,19?,22-,23-,24-/m0/s1. The Morgan fingerprint density at radius 1 is 1.11 bits per heavy atom. The number of allylic oxidation sites excluding steroid dienone is 4. The maximum atomic E-state index is 12.1. The second-order valence-corrected chi connectivity index (χ2v) is 9.96. The van der Waals surface area contributed by atoms with E-state index in [1.54, 1.807) is 5.57 Å². The largest absolute Gasteiger partial charge is 0.458 e. The third-order valence-electron chi connectivity index (χ3n) is 9.26. The first kappa shape index (κ1) is 17.7. The van der Waals surface area contributed by atoms with Crippen LogP contribution >= 0.6 is 0 Å². The topological polar surface area (TPSA) is 43.4 Å². The molecule has 1 heterocycles. The predicted octanol–water partition coefficient (Wildman–Crippen LogP) is 5.29. The molecule has 3 fully saturated rings. The van der Waals surface area contributed by atoms with Gasteiger partial charge in [-0.2, -0.15) is 0 Å². The zero-order valence-corrected chi connectivity index (χ0v) is 16.8. The maximum Gasteiger partial charge on any atom is 0.306 e. The molecule has 1 spiro atoms. The van der Waals surface area contributed by atoms with Crippen LogP contribution in [-0.2, 0) is 14.3 Å². The molecule has 5 atom stereocenters. The van der Waals surface area contributed by atoms with E-state index in [1.165, 1.54) is 18.4 Å². The summed E-state index contributed by atoms with van der Waals surface area (Å²) in [6, 6.07) is 0. The lowest BCUT2D eigenvalue weighted by molar-refractivity contribution is -0.181. The van der Waals surface area contributed by atoms with Gasteiger partial charge in [-0.15, -0.1) is 0 Å². The molecular weight excluding hydrogens is 336 g/mol. The van der Waals surface area contributed by atoms with Gasteiger partial charge in [0.2, 0.25) is 0 Å². The Morgan fingerprint density at radius 2 is 1.96 bits per heavy atom. The van der Waals surface area contributed by atoms with E-state index in [9.17, 15) is 9.59 Å². The van der Waals surface area contributed by atoms with Crippen molar-refractivity contribution in [2.45, 2.75) is 90.1 Å². The molecule has 0 aromatic rings. The molecule has 0 N–H and O–H groups in total. The van der Waals surface area contributed by atoms with Crippen molar-refractivity contribution in [3.63, 3.8) is 0 Å². The van der Waals surface area contributed by atoms with E-state index >= 15 is 0 Å². The highest BCUT2D eigenvalue weighted by Gasteiger charge is 2.63. The molecule has 1 saturated heterocycles. The van der Waals surface area contributed by atoms with Gasteiger partial charge >= 0.3 is 5.97 Å². The Hall–Kier alpha value is -1.38. The van der Waals surface area contributed by atoms with Crippen LogP contribution in [-0.4, -0.2) is 17.4 Å². The fourth-order valence-corrected chi connectivity index (χ4v) is 7.79. The molecule has 27 heavy (non-hydrogen) atoms. The Labute approximate surface area is 162 Å². The summed E-state index contributed by atoms with van der Waals surface area (Å²) in [6.45, 7) is 4.72. The number of fused-ring (bicyclic) bond motifs is 6. The SMILES string of the molecule is CC[C@]12CCC(=O)C=C1CCC1C2=CC[C@@]2(C)C1CCC[C@]21CCC(=O)O1. The number of ether oxygens (including phenoxy) is 1. The number of carbonyl (C=O) groups excluding carboxylic acids is 2. The van der Waals surface area contributed by atoms with Gasteiger partial charge in [-0.05, 0) is 75.7 Å². The van der Waals surface area contributed by atoms with Crippen LogP contribution in [0.1, 0.15) is 84.5 Å². The lowest BCUT2D eigenvalue weighted by Crippen LogP contribution is -2.58. The number of ketones is 1. The number of hydrogen-bond donors (Lipinski definition) is 0. The zero-order valence-electron chi connectivity index (χ0n) is 16.8. The van der Waals surface area contributed by atoms with Crippen LogP contribution in [0.25, 0.3) is 0 Å². The summed E-state index contributed by atoms with van der Waals surface area (Å²) in [4.78, 5) is 24.1. The molecule has 2 saturated carbocycles. The lowest BCUT2D eigenvalue weighted by Gasteiger charge is -2.61. The van der Waals surface area contributed by atoms with E-state index in [4.69, 9.17) is 4.74 Å². The lowest BCUT2D eigenvalue weighted by atomic mass is 9.45. The molecule has 0 amide bonds. The molecule has 4 aliphatic carbocycles. The fourth-order valence-electron chi connectivity index (χ4n) is 7.79. The van der Waals surface area contributed by atoms with Gasteiger partial charge in [0.05, 0.1) is 0 Å². The molecule has 0 bridgehead atoms. The highest BCUT2D eigenvalue weighted by molar-refractivity contribution is 5.92. The molecular formula is C24H32O3. The van der Waals surface area contributed by atoms with Crippen molar-refractivity contribution in [1.82, 2.24) is 0 Å². The number of carbonyl (C=O) groups is 2. The minimum atomic E-state index is -0.229. The van der Waals surface area contributed by atoms with Crippen LogP contribution in [0.3, 0.4) is 0 Å². The van der Waals surface area contributed by atoms with Crippen molar-refractivity contribution in [3.8, 4) is 0 Å². The second kappa shape index (κ2) is 5.81. The summed E-state index contributed by atoms with van der Waals surface area (Å²) in [5.41, 5.74) is 3.03. The second-order valence-electron chi connectivity index (χ2n) is 9.96. The summed E-state index contributed by atoms with van der Waals surface area (Å²) < 4.78 is 6.09. The first-order valence-corrected chi connectivity index (χ1v) is 11.1. The quantitative estimate of drug-likeness (QED) is 0.466. The van der Waals surface area contributed by atoms with Crippen LogP contribution in [0.15, 0.2) is 23.3 Å². The molecule has 0 radical (unpaired) electrons. The van der Waals surface area contributed by atoms with Gasteiger partial charge in [0.1, 0.15) is 5.60 Å². The molecule has 3 nitrogen and oxygen atoms in total. The van der Waals surface area contributed by atoms with Gasteiger partial charge in [0.15, 0.2) is 5.78 Å². The molecule has 0 aromatic heterocycles. The summed E-state index contributed by atoms with van der Waals surface area (Å²) in [5, 5.41) is 0. The van der Waals surface area contributed by atoms with Crippen LogP contribution in [0.4, 0.5) is 0 Å². The summed E-state index contributed by atoms with van der Waals surface area (Å²) >= 11 is 0. The van der Waals surface area contributed by atoms with Gasteiger partial charge in [0.25, 0.3) is 0 Å². The van der Waals surface area contributed by atoms with Crippen LogP contribution in [0, 0.1) is 22.7 Å². The number of hydrogen-bond acceptors (Lipinski definition) is 3. The molecule has 5 aliphatic rings. The molecule has 5 rings (SSSR count). The Bertz CT molecular complexity index is 762. The first-order chi connectivity index (χ1) is 12.9. The third-order valence-corrected chi connectivity index (χ3v) is 9.26. The number of esters is 1. The monoisotopic (exact) mass is 368 g/mol. The molecule has 0 aromatic carbocycles. The normalized spacial score (nSPS) is 46.1. The van der Waals surface area contributed by atoms with Crippen LogP contribution in [0.2, 0.25) is 0 Å². The van der Waals surface area contributed by atoms with Gasteiger partial charge in [-0.3, -0.25) is 9.59 Å². The van der Waals surface area contributed by atoms with Crippen molar-refractivity contribution < 1.29 is 14.3 Å². The Balaban J connectivity index is 1.58. The molecule has 3 heteroatoms. The number of rotatable bonds is 1. The van der Waals surface area contributed by atoms with Crippen molar-refractivity contribution in [1.29, 1.82) is 0 Å². The molecule has 2 unspecified atom stereocenters. The third kappa shape index (κ3) is 2.20. The van der Waals surface area contributed by atoms with Crippen molar-refractivity contribution >= 4 is 11.8 Å².